The van der Waals surface area contributed by atoms with Crippen molar-refractivity contribution >= 4 is 34.4 Å². The fourth-order valence-electron chi connectivity index (χ4n) is 4.03. The van der Waals surface area contributed by atoms with E-state index < -0.39 is 41.9 Å². The van der Waals surface area contributed by atoms with Gasteiger partial charge in [-0.15, -0.1) is 11.6 Å². The summed E-state index contributed by atoms with van der Waals surface area (Å²) in [5.74, 6) is -1.49. The topological polar surface area (TPSA) is 113 Å². The van der Waals surface area contributed by atoms with Gasteiger partial charge >= 0.3 is 11.9 Å². The molecule has 10 heteroatoms. The minimum absolute atomic E-state index is 0.110. The predicted molar refractivity (Wildman–Crippen MR) is 114 cm³/mol. The number of halogens is 1. The minimum atomic E-state index is -0.776. The Morgan fingerprint density at radius 1 is 1.16 bits per heavy atom. The Morgan fingerprint density at radius 3 is 2.56 bits per heavy atom. The second-order valence-electron chi connectivity index (χ2n) is 7.53. The summed E-state index contributed by atoms with van der Waals surface area (Å²) in [6, 6.07) is 5.56. The van der Waals surface area contributed by atoms with Gasteiger partial charge in [-0.05, 0) is 31.0 Å². The molecule has 0 spiro atoms. The maximum Gasteiger partial charge on any atom is 0.347 e. The minimum Gasteiger partial charge on any atom is -0.483 e. The van der Waals surface area contributed by atoms with Crippen LogP contribution in [0.2, 0.25) is 0 Å². The fourth-order valence-corrected chi connectivity index (χ4v) is 4.09. The van der Waals surface area contributed by atoms with Crippen molar-refractivity contribution in [2.75, 3.05) is 25.7 Å². The molecule has 2 aliphatic rings. The summed E-state index contributed by atoms with van der Waals surface area (Å²) < 4.78 is 28.1. The van der Waals surface area contributed by atoms with E-state index in [1.165, 1.54) is 0 Å². The van der Waals surface area contributed by atoms with Crippen LogP contribution in [-0.2, 0) is 30.2 Å². The molecule has 0 unspecified atom stereocenters. The first kappa shape index (κ1) is 22.6. The van der Waals surface area contributed by atoms with E-state index in [4.69, 9.17) is 35.3 Å². The van der Waals surface area contributed by atoms with Crippen LogP contribution < -0.4 is 10.3 Å². The second-order valence-corrected chi connectivity index (χ2v) is 7.79. The molecule has 0 amide bonds. The highest BCUT2D eigenvalue weighted by Crippen LogP contribution is 2.35. The number of pyridine rings is 1. The lowest BCUT2D eigenvalue weighted by molar-refractivity contribution is -0.150. The highest BCUT2D eigenvalue weighted by Gasteiger charge is 2.51. The molecule has 4 atom stereocenters. The molecule has 0 saturated carbocycles. The number of rotatable bonds is 7. The van der Waals surface area contributed by atoms with E-state index in [1.807, 2.05) is 19.1 Å². The van der Waals surface area contributed by atoms with E-state index in [1.54, 1.807) is 13.0 Å². The first-order valence-corrected chi connectivity index (χ1v) is 11.0. The molecule has 2 fully saturated rings. The number of hydrogen-bond donors (Lipinski definition) is 1. The van der Waals surface area contributed by atoms with Gasteiger partial charge in [0.05, 0.1) is 25.3 Å². The SMILES string of the molecule is CCOC(=O)c1c(O[C@H]2CO[C@H]3[C@@H]2OC[C@@H]3OC(=O)CCl)c2ccc(CC)cc2[nH]c1=O. The quantitative estimate of drug-likeness (QED) is 0.487. The van der Waals surface area contributed by atoms with Crippen LogP contribution in [0.25, 0.3) is 10.9 Å². The Bertz CT molecular complexity index is 1080. The summed E-state index contributed by atoms with van der Waals surface area (Å²) >= 11 is 5.52. The van der Waals surface area contributed by atoms with Gasteiger partial charge in [-0.25, -0.2) is 4.79 Å². The van der Waals surface area contributed by atoms with Gasteiger partial charge in [0, 0.05) is 5.39 Å². The number of alkyl halides is 1. The number of nitrogens with one attached hydrogen (secondary N) is 1. The smallest absolute Gasteiger partial charge is 0.347 e. The summed E-state index contributed by atoms with van der Waals surface area (Å²) in [7, 11) is 0. The monoisotopic (exact) mass is 465 g/mol. The van der Waals surface area contributed by atoms with Crippen molar-refractivity contribution in [2.45, 2.75) is 44.7 Å². The van der Waals surface area contributed by atoms with Crippen molar-refractivity contribution in [1.29, 1.82) is 0 Å². The normalized spacial score (nSPS) is 24.3. The average molecular weight is 466 g/mol. The number of fused-ring (bicyclic) bond motifs is 2. The van der Waals surface area contributed by atoms with Gasteiger partial charge in [-0.2, -0.15) is 0 Å². The first-order chi connectivity index (χ1) is 15.5. The molecule has 32 heavy (non-hydrogen) atoms. The number of ether oxygens (including phenoxy) is 5. The molecule has 0 aliphatic carbocycles. The number of benzene rings is 1. The summed E-state index contributed by atoms with van der Waals surface area (Å²) in [6.45, 7) is 4.04. The standard InChI is InChI=1S/C22H24ClNO8/c1-3-11-5-6-12-13(7-11)24-21(26)17(22(27)28-4-2)18(12)32-15-10-30-19-14(9-29-20(15)19)31-16(25)8-23/h5-7,14-15,19-20H,3-4,8-10H2,1-2H3,(H,24,26)/t14-,15-,19+,20+/m0/s1. The van der Waals surface area contributed by atoms with Gasteiger partial charge in [0.2, 0.25) is 0 Å². The van der Waals surface area contributed by atoms with Crippen LogP contribution in [0.15, 0.2) is 23.0 Å². The Kier molecular flexibility index (Phi) is 6.68. The third-order valence-corrected chi connectivity index (χ3v) is 5.76. The molecular weight excluding hydrogens is 442 g/mol. The van der Waals surface area contributed by atoms with Crippen LogP contribution in [0.4, 0.5) is 0 Å². The van der Waals surface area contributed by atoms with Crippen molar-refractivity contribution in [2.24, 2.45) is 0 Å². The van der Waals surface area contributed by atoms with Gasteiger partial charge in [0.15, 0.2) is 17.8 Å². The fraction of sp³-hybridized carbons (Fsp3) is 0.500. The van der Waals surface area contributed by atoms with Gasteiger partial charge in [0.25, 0.3) is 5.56 Å². The third-order valence-electron chi connectivity index (χ3n) is 5.54. The maximum absolute atomic E-state index is 12.8. The lowest BCUT2D eigenvalue weighted by Crippen LogP contribution is -2.37. The van der Waals surface area contributed by atoms with Crippen LogP contribution in [-0.4, -0.2) is 67.0 Å². The summed E-state index contributed by atoms with van der Waals surface area (Å²) in [5, 5.41) is 0.566. The number of hydrogen-bond acceptors (Lipinski definition) is 8. The molecule has 1 aromatic heterocycles. The second kappa shape index (κ2) is 9.48. The van der Waals surface area contributed by atoms with Gasteiger partial charge in [-0.3, -0.25) is 9.59 Å². The lowest BCUT2D eigenvalue weighted by Gasteiger charge is -2.21. The molecule has 1 N–H and O–H groups in total. The molecular formula is C22H24ClNO8. The van der Waals surface area contributed by atoms with E-state index in [0.29, 0.717) is 10.9 Å². The van der Waals surface area contributed by atoms with E-state index >= 15 is 0 Å². The van der Waals surface area contributed by atoms with E-state index in [-0.39, 0.29) is 37.0 Å². The van der Waals surface area contributed by atoms with Crippen molar-refractivity contribution in [3.8, 4) is 5.75 Å². The number of carbonyl (C=O) groups is 2. The molecule has 2 aliphatic heterocycles. The van der Waals surface area contributed by atoms with Crippen LogP contribution in [0.1, 0.15) is 29.8 Å². The average Bonchev–Trinajstić information content (AvgIpc) is 3.36. The van der Waals surface area contributed by atoms with Crippen molar-refractivity contribution < 1.29 is 33.3 Å². The first-order valence-electron chi connectivity index (χ1n) is 10.5. The zero-order valence-electron chi connectivity index (χ0n) is 17.7. The van der Waals surface area contributed by atoms with E-state index in [2.05, 4.69) is 4.98 Å². The number of esters is 2. The summed E-state index contributed by atoms with van der Waals surface area (Å²) in [5.41, 5.74) is 0.760. The van der Waals surface area contributed by atoms with Crippen LogP contribution in [0.5, 0.6) is 5.75 Å². The Hall–Kier alpha value is -2.62. The molecule has 4 rings (SSSR count). The molecule has 2 aromatic rings. The van der Waals surface area contributed by atoms with E-state index in [0.717, 1.165) is 12.0 Å². The van der Waals surface area contributed by atoms with Gasteiger partial charge in [0.1, 0.15) is 23.8 Å². The largest absolute Gasteiger partial charge is 0.483 e. The summed E-state index contributed by atoms with van der Waals surface area (Å²) in [6.07, 6.45) is -1.51. The van der Waals surface area contributed by atoms with Crippen molar-refractivity contribution in [3.63, 3.8) is 0 Å². The molecule has 172 valence electrons. The van der Waals surface area contributed by atoms with Gasteiger partial charge < -0.3 is 28.7 Å². The Labute approximate surface area is 188 Å². The maximum atomic E-state index is 12.8. The lowest BCUT2D eigenvalue weighted by atomic mass is 10.1. The zero-order chi connectivity index (χ0) is 22.8. The molecule has 2 saturated heterocycles. The number of aromatic nitrogens is 1. The number of H-pyrrole nitrogens is 1. The number of aromatic amines is 1. The Balaban J connectivity index is 1.69. The molecule has 1 aromatic carbocycles. The molecule has 0 bridgehead atoms. The number of carbonyl (C=O) groups excluding carboxylic acids is 2. The highest BCUT2D eigenvalue weighted by molar-refractivity contribution is 6.26. The van der Waals surface area contributed by atoms with Crippen LogP contribution in [0, 0.1) is 0 Å². The van der Waals surface area contributed by atoms with Crippen LogP contribution >= 0.6 is 11.6 Å². The number of aryl methyl sites for hydroxylation is 1. The Morgan fingerprint density at radius 2 is 1.88 bits per heavy atom. The van der Waals surface area contributed by atoms with Gasteiger partial charge in [-0.1, -0.05) is 13.0 Å². The van der Waals surface area contributed by atoms with Crippen LogP contribution in [0.3, 0.4) is 0 Å². The zero-order valence-corrected chi connectivity index (χ0v) is 18.5. The molecule has 3 heterocycles. The third kappa shape index (κ3) is 4.20. The molecule has 9 nitrogen and oxygen atoms in total. The highest BCUT2D eigenvalue weighted by atomic mass is 35.5. The predicted octanol–water partition coefficient (Wildman–Crippen LogP) is 1.96. The molecule has 0 radical (unpaired) electrons. The van der Waals surface area contributed by atoms with Crippen molar-refractivity contribution in [1.82, 2.24) is 4.98 Å². The van der Waals surface area contributed by atoms with Crippen molar-refractivity contribution in [3.05, 3.63) is 39.7 Å². The van der Waals surface area contributed by atoms with E-state index in [9.17, 15) is 14.4 Å². The summed E-state index contributed by atoms with van der Waals surface area (Å²) in [4.78, 5) is 39.7.